The first-order chi connectivity index (χ1) is 9.06. The van der Waals surface area contributed by atoms with Crippen molar-refractivity contribution < 1.29 is 9.84 Å². The van der Waals surface area contributed by atoms with Crippen LogP contribution in [0.3, 0.4) is 0 Å². The van der Waals surface area contributed by atoms with E-state index in [4.69, 9.17) is 4.74 Å². The Morgan fingerprint density at radius 3 is 2.63 bits per heavy atom. The highest BCUT2D eigenvalue weighted by Gasteiger charge is 2.33. The molecule has 0 radical (unpaired) electrons. The third-order valence-electron chi connectivity index (χ3n) is 4.28. The van der Waals surface area contributed by atoms with Gasteiger partial charge in [0.15, 0.2) is 0 Å². The lowest BCUT2D eigenvalue weighted by atomic mass is 9.78. The van der Waals surface area contributed by atoms with Gasteiger partial charge in [0.2, 0.25) is 0 Å². The van der Waals surface area contributed by atoms with Gasteiger partial charge in [-0.2, -0.15) is 0 Å². The molecule has 0 atom stereocenters. The monoisotopic (exact) mass is 263 g/mol. The van der Waals surface area contributed by atoms with E-state index in [1.54, 1.807) is 7.11 Å². The molecule has 106 valence electrons. The Morgan fingerprint density at radius 2 is 2.05 bits per heavy atom. The SMILES string of the molecule is CNC1CCC(O)(Cc2cc(C)ccc2OC)CC1. The number of aliphatic hydroxyl groups is 1. The van der Waals surface area contributed by atoms with Gasteiger partial charge in [0.25, 0.3) is 0 Å². The maximum atomic E-state index is 10.8. The summed E-state index contributed by atoms with van der Waals surface area (Å²) >= 11 is 0. The fraction of sp³-hybridized carbons (Fsp3) is 0.625. The zero-order chi connectivity index (χ0) is 13.9. The van der Waals surface area contributed by atoms with Crippen LogP contribution in [0.25, 0.3) is 0 Å². The number of methoxy groups -OCH3 is 1. The van der Waals surface area contributed by atoms with E-state index in [1.807, 2.05) is 19.2 Å². The summed E-state index contributed by atoms with van der Waals surface area (Å²) in [6.45, 7) is 2.07. The van der Waals surface area contributed by atoms with Crippen LogP contribution in [-0.4, -0.2) is 30.9 Å². The van der Waals surface area contributed by atoms with E-state index in [2.05, 4.69) is 18.3 Å². The molecule has 3 nitrogen and oxygen atoms in total. The molecule has 1 aliphatic carbocycles. The Labute approximate surface area is 116 Å². The second-order valence-electron chi connectivity index (χ2n) is 5.78. The van der Waals surface area contributed by atoms with Crippen LogP contribution in [0.15, 0.2) is 18.2 Å². The van der Waals surface area contributed by atoms with Crippen LogP contribution in [0.5, 0.6) is 5.75 Å². The first kappa shape index (κ1) is 14.4. The Bertz CT molecular complexity index is 423. The van der Waals surface area contributed by atoms with Gasteiger partial charge in [-0.3, -0.25) is 0 Å². The molecule has 0 aromatic heterocycles. The highest BCUT2D eigenvalue weighted by molar-refractivity contribution is 5.38. The lowest BCUT2D eigenvalue weighted by Crippen LogP contribution is -2.41. The molecule has 1 aromatic rings. The van der Waals surface area contributed by atoms with Crippen LogP contribution in [0, 0.1) is 6.92 Å². The fourth-order valence-electron chi connectivity index (χ4n) is 3.02. The zero-order valence-electron chi connectivity index (χ0n) is 12.2. The highest BCUT2D eigenvalue weighted by atomic mass is 16.5. The summed E-state index contributed by atoms with van der Waals surface area (Å²) in [6.07, 6.45) is 4.49. The van der Waals surface area contributed by atoms with Gasteiger partial charge in [0, 0.05) is 12.5 Å². The van der Waals surface area contributed by atoms with Gasteiger partial charge in [0.1, 0.15) is 5.75 Å². The second-order valence-corrected chi connectivity index (χ2v) is 5.78. The summed E-state index contributed by atoms with van der Waals surface area (Å²) in [5, 5.41) is 14.1. The molecule has 0 spiro atoms. The third-order valence-corrected chi connectivity index (χ3v) is 4.28. The fourth-order valence-corrected chi connectivity index (χ4v) is 3.02. The van der Waals surface area contributed by atoms with Gasteiger partial charge in [-0.05, 0) is 51.3 Å². The van der Waals surface area contributed by atoms with E-state index < -0.39 is 5.60 Å². The van der Waals surface area contributed by atoms with E-state index >= 15 is 0 Å². The number of ether oxygens (including phenoxy) is 1. The van der Waals surface area contributed by atoms with Crippen molar-refractivity contribution in [3.63, 3.8) is 0 Å². The van der Waals surface area contributed by atoms with E-state index in [0.29, 0.717) is 12.5 Å². The summed E-state index contributed by atoms with van der Waals surface area (Å²) in [6, 6.07) is 6.72. The standard InChI is InChI=1S/C16H25NO2/c1-12-4-5-15(19-3)13(10-12)11-16(18)8-6-14(17-2)7-9-16/h4-5,10,14,17-18H,6-9,11H2,1-3H3. The van der Waals surface area contributed by atoms with Crippen LogP contribution in [-0.2, 0) is 6.42 Å². The van der Waals surface area contributed by atoms with Crippen molar-refractivity contribution in [2.45, 2.75) is 50.7 Å². The minimum atomic E-state index is -0.575. The number of rotatable bonds is 4. The molecule has 0 unspecified atom stereocenters. The van der Waals surface area contributed by atoms with Gasteiger partial charge in [-0.15, -0.1) is 0 Å². The molecule has 19 heavy (non-hydrogen) atoms. The molecule has 0 saturated heterocycles. The quantitative estimate of drug-likeness (QED) is 0.876. The average Bonchev–Trinajstić information content (AvgIpc) is 2.39. The molecule has 1 fully saturated rings. The molecule has 0 amide bonds. The maximum absolute atomic E-state index is 10.8. The lowest BCUT2D eigenvalue weighted by molar-refractivity contribution is -0.00284. The lowest BCUT2D eigenvalue weighted by Gasteiger charge is -2.36. The van der Waals surface area contributed by atoms with Gasteiger partial charge < -0.3 is 15.2 Å². The van der Waals surface area contributed by atoms with E-state index in [9.17, 15) is 5.11 Å². The Balaban J connectivity index is 2.10. The number of hydrogen-bond donors (Lipinski definition) is 2. The zero-order valence-corrected chi connectivity index (χ0v) is 12.2. The van der Waals surface area contributed by atoms with E-state index in [-0.39, 0.29) is 0 Å². The molecule has 0 bridgehead atoms. The van der Waals surface area contributed by atoms with Crippen molar-refractivity contribution in [1.29, 1.82) is 0 Å². The van der Waals surface area contributed by atoms with Crippen LogP contribution >= 0.6 is 0 Å². The Kier molecular flexibility index (Phi) is 4.48. The van der Waals surface area contributed by atoms with Crippen LogP contribution in [0.1, 0.15) is 36.8 Å². The molecule has 3 heteroatoms. The first-order valence-corrected chi connectivity index (χ1v) is 7.09. The van der Waals surface area contributed by atoms with E-state index in [1.165, 1.54) is 5.56 Å². The Morgan fingerprint density at radius 1 is 1.37 bits per heavy atom. The van der Waals surface area contributed by atoms with E-state index in [0.717, 1.165) is 37.0 Å². The molecule has 1 saturated carbocycles. The van der Waals surface area contributed by atoms with Crippen LogP contribution < -0.4 is 10.1 Å². The Hall–Kier alpha value is -1.06. The van der Waals surface area contributed by atoms with Crippen molar-refractivity contribution in [2.24, 2.45) is 0 Å². The third kappa shape index (κ3) is 3.48. The summed E-state index contributed by atoms with van der Waals surface area (Å²) in [5.41, 5.74) is 1.75. The molecular weight excluding hydrogens is 238 g/mol. The van der Waals surface area contributed by atoms with Crippen molar-refractivity contribution in [1.82, 2.24) is 5.32 Å². The average molecular weight is 263 g/mol. The predicted molar refractivity (Wildman–Crippen MR) is 77.7 cm³/mol. The van der Waals surface area contributed by atoms with Gasteiger partial charge in [-0.25, -0.2) is 0 Å². The van der Waals surface area contributed by atoms with Crippen LogP contribution in [0.4, 0.5) is 0 Å². The number of nitrogens with one attached hydrogen (secondary N) is 1. The van der Waals surface area contributed by atoms with Crippen molar-refractivity contribution in [3.05, 3.63) is 29.3 Å². The summed E-state index contributed by atoms with van der Waals surface area (Å²) in [5.74, 6) is 0.884. The number of hydrogen-bond acceptors (Lipinski definition) is 3. The first-order valence-electron chi connectivity index (χ1n) is 7.09. The summed E-state index contributed by atoms with van der Waals surface area (Å²) < 4.78 is 5.41. The molecule has 2 N–H and O–H groups in total. The summed E-state index contributed by atoms with van der Waals surface area (Å²) in [4.78, 5) is 0. The normalized spacial score (nSPS) is 27.3. The minimum Gasteiger partial charge on any atom is -0.496 e. The van der Waals surface area contributed by atoms with Gasteiger partial charge in [-0.1, -0.05) is 17.7 Å². The van der Waals surface area contributed by atoms with Crippen LogP contribution in [0.2, 0.25) is 0 Å². The molecule has 2 rings (SSSR count). The maximum Gasteiger partial charge on any atom is 0.122 e. The number of aryl methyl sites for hydroxylation is 1. The van der Waals surface area contributed by atoms with Gasteiger partial charge >= 0.3 is 0 Å². The predicted octanol–water partition coefficient (Wildman–Crippen LogP) is 2.44. The van der Waals surface area contributed by atoms with Crippen molar-refractivity contribution >= 4 is 0 Å². The topological polar surface area (TPSA) is 41.5 Å². The summed E-state index contributed by atoms with van der Waals surface area (Å²) in [7, 11) is 3.69. The smallest absolute Gasteiger partial charge is 0.122 e. The van der Waals surface area contributed by atoms with Gasteiger partial charge in [0.05, 0.1) is 12.7 Å². The molecular formula is C16H25NO2. The van der Waals surface area contributed by atoms with Crippen molar-refractivity contribution in [3.8, 4) is 5.75 Å². The molecule has 0 heterocycles. The second kappa shape index (κ2) is 5.93. The number of benzene rings is 1. The molecule has 1 aliphatic rings. The molecule has 1 aromatic carbocycles. The van der Waals surface area contributed by atoms with Crippen molar-refractivity contribution in [2.75, 3.05) is 14.2 Å². The molecule has 0 aliphatic heterocycles. The highest BCUT2D eigenvalue weighted by Crippen LogP contribution is 2.34. The largest absolute Gasteiger partial charge is 0.496 e. The minimum absolute atomic E-state index is 0.555.